The quantitative estimate of drug-likeness (QED) is 0.168. The zero-order chi connectivity index (χ0) is 40.0. The average molecular weight is 769 g/mol. The van der Waals surface area contributed by atoms with Gasteiger partial charge in [-0.3, -0.25) is 0 Å². The Morgan fingerprint density at radius 2 is 1.02 bits per heavy atom. The molecule has 1 aliphatic rings. The van der Waals surface area contributed by atoms with E-state index in [1.165, 1.54) is 66.4 Å². The Morgan fingerprint density at radius 1 is 0.417 bits per heavy atom. The van der Waals surface area contributed by atoms with E-state index in [-0.39, 0.29) is 5.41 Å². The molecule has 0 radical (unpaired) electrons. The van der Waals surface area contributed by atoms with Crippen molar-refractivity contribution in [3.05, 3.63) is 217 Å². The van der Waals surface area contributed by atoms with Gasteiger partial charge in [0.05, 0.1) is 27.8 Å². The van der Waals surface area contributed by atoms with Gasteiger partial charge in [-0.1, -0.05) is 153 Å². The fourth-order valence-corrected chi connectivity index (χ4v) is 9.96. The van der Waals surface area contributed by atoms with Crippen LogP contribution in [-0.2, 0) is 5.41 Å². The second-order valence-corrected chi connectivity index (χ2v) is 16.5. The van der Waals surface area contributed by atoms with Gasteiger partial charge in [-0.25, -0.2) is 0 Å². The first kappa shape index (κ1) is 34.4. The number of rotatable bonds is 6. The smallest absolute Gasteiger partial charge is 0.137 e. The summed E-state index contributed by atoms with van der Waals surface area (Å²) >= 11 is 0. The molecule has 2 aromatic heterocycles. The number of furan rings is 1. The molecule has 0 spiro atoms. The third kappa shape index (κ3) is 5.15. The van der Waals surface area contributed by atoms with Gasteiger partial charge in [0.2, 0.25) is 0 Å². The molecular weight excluding hydrogens is 729 g/mol. The van der Waals surface area contributed by atoms with Crippen molar-refractivity contribution in [2.45, 2.75) is 19.3 Å². The molecule has 3 heteroatoms. The Balaban J connectivity index is 0.981. The summed E-state index contributed by atoms with van der Waals surface area (Å²) in [7, 11) is 0. The molecule has 0 amide bonds. The molecule has 0 saturated heterocycles. The van der Waals surface area contributed by atoms with Crippen LogP contribution in [0.4, 0.5) is 17.1 Å². The van der Waals surface area contributed by atoms with Gasteiger partial charge in [0, 0.05) is 38.5 Å². The van der Waals surface area contributed by atoms with E-state index in [4.69, 9.17) is 4.42 Å². The Hall–Kier alpha value is -7.62. The molecule has 9 aromatic carbocycles. The third-order valence-electron chi connectivity index (χ3n) is 12.8. The van der Waals surface area contributed by atoms with Gasteiger partial charge in [-0.2, -0.15) is 0 Å². The summed E-state index contributed by atoms with van der Waals surface area (Å²) in [6.45, 7) is 4.70. The number of hydrogen-bond acceptors (Lipinski definition) is 2. The van der Waals surface area contributed by atoms with Crippen molar-refractivity contribution in [3.63, 3.8) is 0 Å². The van der Waals surface area contributed by atoms with Crippen LogP contribution in [0.2, 0.25) is 0 Å². The first-order chi connectivity index (χ1) is 29.5. The van der Waals surface area contributed by atoms with Crippen molar-refractivity contribution >= 4 is 60.8 Å². The van der Waals surface area contributed by atoms with Gasteiger partial charge in [-0.15, -0.1) is 0 Å². The minimum atomic E-state index is -0.128. The fourth-order valence-electron chi connectivity index (χ4n) is 9.96. The molecule has 2 heterocycles. The van der Waals surface area contributed by atoms with E-state index in [2.05, 4.69) is 224 Å². The lowest BCUT2D eigenvalue weighted by Gasteiger charge is -2.28. The van der Waals surface area contributed by atoms with Crippen molar-refractivity contribution < 1.29 is 4.42 Å². The van der Waals surface area contributed by atoms with E-state index in [0.717, 1.165) is 44.6 Å². The number of aromatic nitrogens is 1. The Kier molecular flexibility index (Phi) is 7.58. The number of fused-ring (bicyclic) bond motifs is 9. The van der Waals surface area contributed by atoms with Gasteiger partial charge in [-0.05, 0) is 106 Å². The van der Waals surface area contributed by atoms with E-state index in [1.807, 2.05) is 6.07 Å². The maximum Gasteiger partial charge on any atom is 0.137 e. The van der Waals surface area contributed by atoms with E-state index < -0.39 is 0 Å². The van der Waals surface area contributed by atoms with Gasteiger partial charge in [0.1, 0.15) is 11.2 Å². The molecule has 0 atom stereocenters. The monoisotopic (exact) mass is 768 g/mol. The molecule has 0 aliphatic heterocycles. The lowest BCUT2D eigenvalue weighted by atomic mass is 9.82. The van der Waals surface area contributed by atoms with Crippen molar-refractivity contribution in [1.82, 2.24) is 4.57 Å². The first-order valence-electron chi connectivity index (χ1n) is 20.8. The van der Waals surface area contributed by atoms with Crippen molar-refractivity contribution in [1.29, 1.82) is 0 Å². The van der Waals surface area contributed by atoms with Crippen LogP contribution in [0.25, 0.3) is 82.8 Å². The van der Waals surface area contributed by atoms with E-state index in [0.29, 0.717) is 0 Å². The zero-order valence-electron chi connectivity index (χ0n) is 33.4. The summed E-state index contributed by atoms with van der Waals surface area (Å²) < 4.78 is 8.85. The molecular formula is C57H40N2O. The molecule has 60 heavy (non-hydrogen) atoms. The first-order valence-corrected chi connectivity index (χ1v) is 20.8. The predicted molar refractivity (Wildman–Crippen MR) is 251 cm³/mol. The molecule has 0 bridgehead atoms. The van der Waals surface area contributed by atoms with E-state index >= 15 is 0 Å². The van der Waals surface area contributed by atoms with Gasteiger partial charge in [0.25, 0.3) is 0 Å². The van der Waals surface area contributed by atoms with Gasteiger partial charge < -0.3 is 13.9 Å². The van der Waals surface area contributed by atoms with Crippen LogP contribution < -0.4 is 4.90 Å². The summed E-state index contributed by atoms with van der Waals surface area (Å²) in [5, 5.41) is 4.74. The molecule has 0 fully saturated rings. The second-order valence-electron chi connectivity index (χ2n) is 16.5. The number of benzene rings is 9. The summed E-state index contributed by atoms with van der Waals surface area (Å²) in [6.07, 6.45) is 0. The highest BCUT2D eigenvalue weighted by Crippen LogP contribution is 2.51. The zero-order valence-corrected chi connectivity index (χ0v) is 33.4. The number of nitrogens with zero attached hydrogens (tertiary/aromatic N) is 2. The highest BCUT2D eigenvalue weighted by atomic mass is 16.3. The van der Waals surface area contributed by atoms with E-state index in [9.17, 15) is 0 Å². The maximum atomic E-state index is 6.43. The fraction of sp³-hybridized carbons (Fsp3) is 0.0526. The standard InChI is InChI=1S/C57H40N2O/c1-57(2)48-22-8-3-18-43(48)44-34-33-41(36-49(44)57)58(53-26-14-28-55-56(53)47-21-7-12-27-54(47)60-55)40-31-29-37(30-32-40)38-15-13-16-39(35-38)42-17-4-9-23-50(42)59-51-24-10-5-19-45(51)46-20-6-11-25-52(46)59/h3-36H,1-2H3. The lowest BCUT2D eigenvalue weighted by molar-refractivity contribution is 0.660. The van der Waals surface area contributed by atoms with Gasteiger partial charge in [0.15, 0.2) is 0 Å². The summed E-state index contributed by atoms with van der Waals surface area (Å²) in [6, 6.07) is 74.9. The van der Waals surface area contributed by atoms with Crippen LogP contribution in [-0.4, -0.2) is 4.57 Å². The highest BCUT2D eigenvalue weighted by Gasteiger charge is 2.36. The minimum absolute atomic E-state index is 0.128. The normalized spacial score (nSPS) is 13.0. The summed E-state index contributed by atoms with van der Waals surface area (Å²) in [5.41, 5.74) is 18.5. The lowest BCUT2D eigenvalue weighted by Crippen LogP contribution is -2.16. The van der Waals surface area contributed by atoms with Crippen LogP contribution >= 0.6 is 0 Å². The summed E-state index contributed by atoms with van der Waals surface area (Å²) in [5.74, 6) is 0. The number of anilines is 3. The number of hydrogen-bond donors (Lipinski definition) is 0. The van der Waals surface area contributed by atoms with E-state index in [1.54, 1.807) is 0 Å². The minimum Gasteiger partial charge on any atom is -0.456 e. The topological polar surface area (TPSA) is 21.3 Å². The maximum absolute atomic E-state index is 6.43. The van der Waals surface area contributed by atoms with Crippen LogP contribution in [0.1, 0.15) is 25.0 Å². The Morgan fingerprint density at radius 3 is 1.82 bits per heavy atom. The molecule has 11 aromatic rings. The van der Waals surface area contributed by atoms with Crippen molar-refractivity contribution in [2.24, 2.45) is 0 Å². The molecule has 3 nitrogen and oxygen atoms in total. The molecule has 12 rings (SSSR count). The average Bonchev–Trinajstić information content (AvgIpc) is 3.93. The SMILES string of the molecule is CC1(C)c2ccccc2-c2ccc(N(c3ccc(-c4cccc(-c5ccccc5-n5c6ccccc6c6ccccc65)c4)cc3)c3cccc4oc5ccccc5c34)cc21. The van der Waals surface area contributed by atoms with Crippen molar-refractivity contribution in [3.8, 4) is 39.1 Å². The van der Waals surface area contributed by atoms with Gasteiger partial charge >= 0.3 is 0 Å². The van der Waals surface area contributed by atoms with Crippen LogP contribution in [0, 0.1) is 0 Å². The molecule has 0 saturated carbocycles. The molecule has 0 N–H and O–H groups in total. The van der Waals surface area contributed by atoms with Crippen LogP contribution in [0.5, 0.6) is 0 Å². The Bertz CT molecular complexity index is 3420. The molecule has 0 unspecified atom stereocenters. The summed E-state index contributed by atoms with van der Waals surface area (Å²) in [4.78, 5) is 2.41. The second kappa shape index (κ2) is 13.2. The number of para-hydroxylation sites is 4. The highest BCUT2D eigenvalue weighted by molar-refractivity contribution is 6.13. The van der Waals surface area contributed by atoms with Crippen LogP contribution in [0.3, 0.4) is 0 Å². The molecule has 1 aliphatic carbocycles. The van der Waals surface area contributed by atoms with Crippen molar-refractivity contribution in [2.75, 3.05) is 4.90 Å². The predicted octanol–water partition coefficient (Wildman–Crippen LogP) is 15.8. The largest absolute Gasteiger partial charge is 0.456 e. The third-order valence-corrected chi connectivity index (χ3v) is 12.8. The van der Waals surface area contributed by atoms with Crippen LogP contribution in [0.15, 0.2) is 211 Å². The Labute approximate surface area is 349 Å². The molecule has 284 valence electrons.